The van der Waals surface area contributed by atoms with E-state index < -0.39 is 4.92 Å². The van der Waals surface area contributed by atoms with Crippen LogP contribution in [-0.2, 0) is 0 Å². The second-order valence-corrected chi connectivity index (χ2v) is 3.61. The molecule has 0 spiro atoms. The molecule has 0 radical (unpaired) electrons. The Morgan fingerprint density at radius 2 is 2.17 bits per heavy atom. The van der Waals surface area contributed by atoms with Gasteiger partial charge in [-0.05, 0) is 12.5 Å². The average molecular weight is 253 g/mol. The predicted octanol–water partition coefficient (Wildman–Crippen LogP) is 2.59. The number of methoxy groups -OCH3 is 1. The van der Waals surface area contributed by atoms with Crippen LogP contribution in [0.5, 0.6) is 11.5 Å². The highest BCUT2D eigenvalue weighted by Crippen LogP contribution is 2.36. The van der Waals surface area contributed by atoms with Crippen molar-refractivity contribution in [3.63, 3.8) is 0 Å². The van der Waals surface area contributed by atoms with Gasteiger partial charge in [0.05, 0.1) is 18.6 Å². The zero-order valence-corrected chi connectivity index (χ0v) is 10.3. The summed E-state index contributed by atoms with van der Waals surface area (Å²) in [6.07, 6.45) is 2.14. The van der Waals surface area contributed by atoms with Gasteiger partial charge in [-0.25, -0.2) is 0 Å². The molecule has 0 N–H and O–H groups in total. The van der Waals surface area contributed by atoms with Gasteiger partial charge in [-0.1, -0.05) is 13.3 Å². The number of aldehydes is 1. The molecule has 0 atom stereocenters. The van der Waals surface area contributed by atoms with E-state index in [4.69, 9.17) is 9.47 Å². The summed E-state index contributed by atoms with van der Waals surface area (Å²) < 4.78 is 10.5. The predicted molar refractivity (Wildman–Crippen MR) is 65.4 cm³/mol. The zero-order chi connectivity index (χ0) is 13.5. The number of nitro groups is 1. The molecule has 0 aliphatic rings. The number of hydrogen-bond acceptors (Lipinski definition) is 5. The maximum atomic E-state index is 11.0. The second-order valence-electron chi connectivity index (χ2n) is 3.61. The van der Waals surface area contributed by atoms with E-state index in [1.807, 2.05) is 6.92 Å². The lowest BCUT2D eigenvalue weighted by atomic mass is 10.1. The number of hydrogen-bond donors (Lipinski definition) is 0. The normalized spacial score (nSPS) is 9.89. The van der Waals surface area contributed by atoms with Crippen LogP contribution in [0.2, 0.25) is 0 Å². The van der Waals surface area contributed by atoms with Gasteiger partial charge in [0.25, 0.3) is 5.69 Å². The highest BCUT2D eigenvalue weighted by atomic mass is 16.6. The van der Waals surface area contributed by atoms with Crippen molar-refractivity contribution in [2.75, 3.05) is 13.7 Å². The third-order valence-electron chi connectivity index (χ3n) is 2.42. The van der Waals surface area contributed by atoms with Gasteiger partial charge in [0, 0.05) is 6.07 Å². The molecule has 0 aliphatic carbocycles. The number of nitro benzene ring substituents is 1. The second kappa shape index (κ2) is 6.58. The summed E-state index contributed by atoms with van der Waals surface area (Å²) in [5.74, 6) is 0.453. The van der Waals surface area contributed by atoms with Crippen molar-refractivity contribution >= 4 is 12.0 Å². The summed E-state index contributed by atoms with van der Waals surface area (Å²) in [5.41, 5.74) is -0.368. The molecular weight excluding hydrogens is 238 g/mol. The summed E-state index contributed by atoms with van der Waals surface area (Å²) in [6, 6.07) is 2.65. The maximum Gasteiger partial charge on any atom is 0.283 e. The fraction of sp³-hybridized carbons (Fsp3) is 0.417. The number of benzene rings is 1. The molecule has 0 amide bonds. The van der Waals surface area contributed by atoms with Gasteiger partial charge < -0.3 is 9.47 Å². The first-order chi connectivity index (χ1) is 8.65. The van der Waals surface area contributed by atoms with Crippen LogP contribution in [-0.4, -0.2) is 24.9 Å². The lowest BCUT2D eigenvalue weighted by molar-refractivity contribution is -0.385. The van der Waals surface area contributed by atoms with Gasteiger partial charge in [-0.2, -0.15) is 0 Å². The molecule has 1 rings (SSSR count). The Morgan fingerprint density at radius 3 is 2.67 bits per heavy atom. The van der Waals surface area contributed by atoms with Crippen LogP contribution in [0.3, 0.4) is 0 Å². The van der Waals surface area contributed by atoms with Crippen LogP contribution >= 0.6 is 0 Å². The molecule has 98 valence electrons. The minimum absolute atomic E-state index is 0.0875. The van der Waals surface area contributed by atoms with Crippen LogP contribution < -0.4 is 9.47 Å². The molecule has 1 aromatic rings. The fourth-order valence-electron chi connectivity index (χ4n) is 1.47. The van der Waals surface area contributed by atoms with Gasteiger partial charge in [-0.15, -0.1) is 0 Å². The van der Waals surface area contributed by atoms with E-state index in [9.17, 15) is 14.9 Å². The van der Waals surface area contributed by atoms with Gasteiger partial charge >= 0.3 is 0 Å². The summed E-state index contributed by atoms with van der Waals surface area (Å²) in [4.78, 5) is 21.2. The number of carbonyl (C=O) groups excluding carboxylic acids is 1. The van der Waals surface area contributed by atoms with Crippen molar-refractivity contribution < 1.29 is 19.2 Å². The number of unbranched alkanes of at least 4 members (excludes halogenated alkanes) is 1. The number of carbonyl (C=O) groups is 1. The standard InChI is InChI=1S/C12H15NO5/c1-3-4-7-18-12-9(8-14)10(13(15)16)5-6-11(12)17-2/h5-6,8H,3-4,7H2,1-2H3. The molecule has 0 aliphatic heterocycles. The Kier molecular flexibility index (Phi) is 5.10. The lowest BCUT2D eigenvalue weighted by Crippen LogP contribution is -2.04. The fourth-order valence-corrected chi connectivity index (χ4v) is 1.47. The van der Waals surface area contributed by atoms with Crippen molar-refractivity contribution in [3.8, 4) is 11.5 Å². The number of rotatable bonds is 7. The summed E-state index contributed by atoms with van der Waals surface area (Å²) in [5, 5.41) is 10.8. The van der Waals surface area contributed by atoms with Crippen molar-refractivity contribution in [1.29, 1.82) is 0 Å². The Bertz CT molecular complexity index is 444. The molecular formula is C12H15NO5. The molecule has 6 heteroatoms. The van der Waals surface area contributed by atoms with Gasteiger partial charge in [0.2, 0.25) is 0 Å². The topological polar surface area (TPSA) is 78.7 Å². The number of ether oxygens (including phenoxy) is 2. The van der Waals surface area contributed by atoms with Crippen LogP contribution in [0.25, 0.3) is 0 Å². The van der Waals surface area contributed by atoms with Crippen LogP contribution in [0.15, 0.2) is 12.1 Å². The summed E-state index contributed by atoms with van der Waals surface area (Å²) in [7, 11) is 1.42. The molecule has 0 fully saturated rings. The van der Waals surface area contributed by atoms with Crippen molar-refractivity contribution in [2.45, 2.75) is 19.8 Å². The van der Waals surface area contributed by atoms with E-state index in [0.29, 0.717) is 18.6 Å². The Balaban J connectivity index is 3.19. The van der Waals surface area contributed by atoms with E-state index in [0.717, 1.165) is 12.8 Å². The highest BCUT2D eigenvalue weighted by molar-refractivity contribution is 5.87. The SMILES string of the molecule is CCCCOc1c(OC)ccc([N+](=O)[O-])c1C=O. The van der Waals surface area contributed by atoms with E-state index in [1.54, 1.807) is 0 Å². The van der Waals surface area contributed by atoms with E-state index in [-0.39, 0.29) is 17.0 Å². The molecule has 0 heterocycles. The van der Waals surface area contributed by atoms with Gasteiger partial charge in [-0.3, -0.25) is 14.9 Å². The van der Waals surface area contributed by atoms with Crippen LogP contribution in [0, 0.1) is 10.1 Å². The minimum Gasteiger partial charge on any atom is -0.493 e. The first-order valence-electron chi connectivity index (χ1n) is 5.59. The van der Waals surface area contributed by atoms with Crippen molar-refractivity contribution in [1.82, 2.24) is 0 Å². The van der Waals surface area contributed by atoms with Crippen molar-refractivity contribution in [3.05, 3.63) is 27.8 Å². The van der Waals surface area contributed by atoms with E-state index >= 15 is 0 Å². The quantitative estimate of drug-likeness (QED) is 0.323. The monoisotopic (exact) mass is 253 g/mol. The van der Waals surface area contributed by atoms with Gasteiger partial charge in [0.15, 0.2) is 17.8 Å². The number of nitrogens with zero attached hydrogens (tertiary/aromatic N) is 1. The Hall–Kier alpha value is -2.11. The molecule has 0 aromatic heterocycles. The average Bonchev–Trinajstić information content (AvgIpc) is 2.37. The first kappa shape index (κ1) is 14.0. The smallest absolute Gasteiger partial charge is 0.283 e. The zero-order valence-electron chi connectivity index (χ0n) is 10.3. The third-order valence-corrected chi connectivity index (χ3v) is 2.42. The van der Waals surface area contributed by atoms with E-state index in [2.05, 4.69) is 0 Å². The maximum absolute atomic E-state index is 11.0. The largest absolute Gasteiger partial charge is 0.493 e. The molecule has 0 saturated heterocycles. The Morgan fingerprint density at radius 1 is 1.44 bits per heavy atom. The third kappa shape index (κ3) is 2.97. The molecule has 0 unspecified atom stereocenters. The van der Waals surface area contributed by atoms with Crippen molar-refractivity contribution in [2.24, 2.45) is 0 Å². The molecule has 1 aromatic carbocycles. The molecule has 6 nitrogen and oxygen atoms in total. The van der Waals surface area contributed by atoms with Gasteiger partial charge in [0.1, 0.15) is 5.56 Å². The minimum atomic E-state index is -0.615. The van der Waals surface area contributed by atoms with E-state index in [1.165, 1.54) is 19.2 Å². The highest BCUT2D eigenvalue weighted by Gasteiger charge is 2.22. The molecule has 18 heavy (non-hydrogen) atoms. The summed E-state index contributed by atoms with van der Waals surface area (Å²) >= 11 is 0. The lowest BCUT2D eigenvalue weighted by Gasteiger charge is -2.12. The Labute approximate surface area is 105 Å². The molecule has 0 saturated carbocycles. The van der Waals surface area contributed by atoms with Crippen LogP contribution in [0.4, 0.5) is 5.69 Å². The van der Waals surface area contributed by atoms with Crippen LogP contribution in [0.1, 0.15) is 30.1 Å². The molecule has 0 bridgehead atoms. The first-order valence-corrected chi connectivity index (χ1v) is 5.59. The summed E-state index contributed by atoms with van der Waals surface area (Å²) in [6.45, 7) is 2.38.